The molecular weight excluding hydrogens is 218 g/mol. The zero-order chi connectivity index (χ0) is 12.2. The third-order valence-electron chi connectivity index (χ3n) is 2.77. The monoisotopic (exact) mass is 247 g/mol. The van der Waals surface area contributed by atoms with Gasteiger partial charge in [-0.1, -0.05) is 40.5 Å². The van der Waals surface area contributed by atoms with Gasteiger partial charge in [-0.25, -0.2) is 0 Å². The summed E-state index contributed by atoms with van der Waals surface area (Å²) in [5, 5.41) is 0. The molecule has 0 aliphatic rings. The Bertz CT molecular complexity index is 132. The second-order valence-corrected chi connectivity index (χ2v) is 5.34. The van der Waals surface area contributed by atoms with Gasteiger partial charge in [0.05, 0.1) is 12.8 Å². The Kier molecular flexibility index (Phi) is 11.9. The van der Waals surface area contributed by atoms with Crippen LogP contribution in [0.1, 0.15) is 47.0 Å². The average molecular weight is 247 g/mol. The number of hydrogen-bond acceptors (Lipinski definition) is 3. The molecule has 0 fully saturated rings. The predicted octanol–water partition coefficient (Wildman–Crippen LogP) is 3.61. The van der Waals surface area contributed by atoms with Crippen molar-refractivity contribution in [3.63, 3.8) is 0 Å². The van der Waals surface area contributed by atoms with Crippen molar-refractivity contribution in [2.24, 2.45) is 0 Å². The first-order valence-electron chi connectivity index (χ1n) is 6.70. The summed E-state index contributed by atoms with van der Waals surface area (Å²) >= 11 is 1.99. The van der Waals surface area contributed by atoms with Crippen LogP contribution in [0.15, 0.2) is 0 Å². The molecule has 98 valence electrons. The third kappa shape index (κ3) is 8.43. The first-order chi connectivity index (χ1) is 7.78. The van der Waals surface area contributed by atoms with Crippen LogP contribution < -0.4 is 0 Å². The molecule has 0 aromatic heterocycles. The number of hydrogen-bond donors (Lipinski definition) is 0. The summed E-state index contributed by atoms with van der Waals surface area (Å²) in [6, 6.07) is 0. The van der Waals surface area contributed by atoms with Gasteiger partial charge in [-0.05, 0) is 25.3 Å². The van der Waals surface area contributed by atoms with Crippen LogP contribution in [0.4, 0.5) is 0 Å². The van der Waals surface area contributed by atoms with E-state index in [1.165, 1.54) is 25.0 Å². The van der Waals surface area contributed by atoms with Crippen LogP contribution in [0.2, 0.25) is 0 Å². The Labute approximate surface area is 106 Å². The number of unbranched alkanes of at least 4 members (excludes halogenated alkanes) is 1. The third-order valence-corrected chi connectivity index (χ3v) is 3.79. The molecule has 0 N–H and O–H groups in total. The quantitative estimate of drug-likeness (QED) is 0.518. The average Bonchev–Trinajstić information content (AvgIpc) is 2.32. The van der Waals surface area contributed by atoms with E-state index < -0.39 is 0 Å². The second-order valence-electron chi connectivity index (χ2n) is 4.02. The van der Waals surface area contributed by atoms with Crippen molar-refractivity contribution in [3.8, 4) is 0 Å². The van der Waals surface area contributed by atoms with Crippen molar-refractivity contribution in [1.29, 1.82) is 0 Å². The van der Waals surface area contributed by atoms with Gasteiger partial charge >= 0.3 is 0 Å². The molecule has 2 nitrogen and oxygen atoms in total. The molecule has 0 spiro atoms. The minimum absolute atomic E-state index is 0.450. The highest BCUT2D eigenvalue weighted by molar-refractivity contribution is 7.99. The van der Waals surface area contributed by atoms with Gasteiger partial charge in [0.1, 0.15) is 0 Å². The van der Waals surface area contributed by atoms with Crippen molar-refractivity contribution in [2.45, 2.75) is 53.1 Å². The molecular formula is C13H29NOS. The van der Waals surface area contributed by atoms with Gasteiger partial charge in [-0.15, -0.1) is 0 Å². The molecule has 0 aliphatic heterocycles. The van der Waals surface area contributed by atoms with Crippen molar-refractivity contribution in [1.82, 2.24) is 4.90 Å². The lowest BCUT2D eigenvalue weighted by molar-refractivity contribution is -0.0123. The van der Waals surface area contributed by atoms with Crippen LogP contribution in [0, 0.1) is 0 Å². The standard InChI is InChI=1S/C13H29NOS/c1-5-9-10-13(11-16-8-4)15-12-14(6-2)7-3/h13H,5-12H2,1-4H3. The maximum atomic E-state index is 6.00. The van der Waals surface area contributed by atoms with Crippen LogP contribution in [-0.2, 0) is 4.74 Å². The first-order valence-corrected chi connectivity index (χ1v) is 7.85. The van der Waals surface area contributed by atoms with Crippen LogP contribution >= 0.6 is 11.8 Å². The van der Waals surface area contributed by atoms with Crippen LogP contribution in [-0.4, -0.2) is 42.3 Å². The zero-order valence-electron chi connectivity index (χ0n) is 11.5. The van der Waals surface area contributed by atoms with Gasteiger partial charge in [-0.2, -0.15) is 11.8 Å². The molecule has 0 aromatic carbocycles. The van der Waals surface area contributed by atoms with Crippen LogP contribution in [0.5, 0.6) is 0 Å². The largest absolute Gasteiger partial charge is 0.362 e. The molecule has 0 amide bonds. The van der Waals surface area contributed by atoms with E-state index in [0.29, 0.717) is 6.10 Å². The summed E-state index contributed by atoms with van der Waals surface area (Å²) in [7, 11) is 0. The van der Waals surface area contributed by atoms with E-state index >= 15 is 0 Å². The highest BCUT2D eigenvalue weighted by Gasteiger charge is 2.10. The molecule has 3 heteroatoms. The van der Waals surface area contributed by atoms with E-state index in [9.17, 15) is 0 Å². The summed E-state index contributed by atoms with van der Waals surface area (Å²) in [6.45, 7) is 11.8. The van der Waals surface area contributed by atoms with Crippen molar-refractivity contribution >= 4 is 11.8 Å². The van der Waals surface area contributed by atoms with E-state index in [4.69, 9.17) is 4.74 Å². The second kappa shape index (κ2) is 11.7. The number of rotatable bonds is 11. The summed E-state index contributed by atoms with van der Waals surface area (Å²) < 4.78 is 6.00. The molecule has 1 atom stereocenters. The van der Waals surface area contributed by atoms with E-state index in [-0.39, 0.29) is 0 Å². The molecule has 0 aliphatic carbocycles. The maximum Gasteiger partial charge on any atom is 0.0994 e. The van der Waals surface area contributed by atoms with Gasteiger partial charge in [0, 0.05) is 5.75 Å². The van der Waals surface area contributed by atoms with Gasteiger partial charge in [-0.3, -0.25) is 4.90 Å². The Morgan fingerprint density at radius 2 is 1.81 bits per heavy atom. The summed E-state index contributed by atoms with van der Waals surface area (Å²) in [6.07, 6.45) is 4.21. The first kappa shape index (κ1) is 16.3. The topological polar surface area (TPSA) is 12.5 Å². The molecule has 0 saturated heterocycles. The molecule has 0 aromatic rings. The fraction of sp³-hybridized carbons (Fsp3) is 1.00. The van der Waals surface area contributed by atoms with E-state index in [1.54, 1.807) is 0 Å². The Hall–Kier alpha value is 0.270. The van der Waals surface area contributed by atoms with Crippen LogP contribution in [0.25, 0.3) is 0 Å². The van der Waals surface area contributed by atoms with Crippen molar-refractivity contribution in [2.75, 3.05) is 31.3 Å². The van der Waals surface area contributed by atoms with Gasteiger partial charge < -0.3 is 4.74 Å². The Balaban J connectivity index is 3.79. The van der Waals surface area contributed by atoms with E-state index in [0.717, 1.165) is 25.6 Å². The molecule has 0 radical (unpaired) electrons. The lowest BCUT2D eigenvalue weighted by Gasteiger charge is -2.23. The summed E-state index contributed by atoms with van der Waals surface area (Å²) in [4.78, 5) is 2.33. The maximum absolute atomic E-state index is 6.00. The van der Waals surface area contributed by atoms with Crippen LogP contribution in [0.3, 0.4) is 0 Å². The van der Waals surface area contributed by atoms with E-state index in [1.807, 2.05) is 11.8 Å². The minimum Gasteiger partial charge on any atom is -0.362 e. The smallest absolute Gasteiger partial charge is 0.0994 e. The molecule has 0 bridgehead atoms. The van der Waals surface area contributed by atoms with E-state index in [2.05, 4.69) is 32.6 Å². The Morgan fingerprint density at radius 1 is 1.12 bits per heavy atom. The number of thioether (sulfide) groups is 1. The number of ether oxygens (including phenoxy) is 1. The van der Waals surface area contributed by atoms with Gasteiger partial charge in [0.15, 0.2) is 0 Å². The number of nitrogens with zero attached hydrogens (tertiary/aromatic N) is 1. The van der Waals surface area contributed by atoms with Crippen molar-refractivity contribution < 1.29 is 4.74 Å². The zero-order valence-corrected chi connectivity index (χ0v) is 12.3. The fourth-order valence-electron chi connectivity index (χ4n) is 1.51. The predicted molar refractivity (Wildman–Crippen MR) is 75.2 cm³/mol. The minimum atomic E-state index is 0.450. The van der Waals surface area contributed by atoms with Crippen molar-refractivity contribution in [3.05, 3.63) is 0 Å². The SMILES string of the molecule is CCCCC(CSCC)OCN(CC)CC. The molecule has 1 unspecified atom stereocenters. The molecule has 0 rings (SSSR count). The molecule has 0 heterocycles. The molecule has 0 saturated carbocycles. The van der Waals surface area contributed by atoms with Gasteiger partial charge in [0.2, 0.25) is 0 Å². The van der Waals surface area contributed by atoms with Gasteiger partial charge in [0.25, 0.3) is 0 Å². The lowest BCUT2D eigenvalue weighted by Crippen LogP contribution is -2.30. The highest BCUT2D eigenvalue weighted by Crippen LogP contribution is 2.12. The normalized spacial score (nSPS) is 13.3. The summed E-state index contributed by atoms with van der Waals surface area (Å²) in [5.74, 6) is 2.34. The highest BCUT2D eigenvalue weighted by atomic mass is 32.2. The Morgan fingerprint density at radius 3 is 2.31 bits per heavy atom. The fourth-order valence-corrected chi connectivity index (χ4v) is 2.27. The lowest BCUT2D eigenvalue weighted by atomic mass is 10.2. The molecule has 16 heavy (non-hydrogen) atoms. The summed E-state index contributed by atoms with van der Waals surface area (Å²) in [5.41, 5.74) is 0.